The largest absolute Gasteiger partial charge is 0.497 e. The summed E-state index contributed by atoms with van der Waals surface area (Å²) < 4.78 is 7.33. The van der Waals surface area contributed by atoms with E-state index in [1.165, 1.54) is 23.6 Å². The van der Waals surface area contributed by atoms with Crippen LogP contribution in [0.2, 0.25) is 0 Å². The lowest BCUT2D eigenvalue weighted by atomic mass is 9.95. The zero-order chi connectivity index (χ0) is 19.1. The fraction of sp³-hybridized carbons (Fsp3) is 0.304. The van der Waals surface area contributed by atoms with Gasteiger partial charge in [-0.15, -0.1) is 11.3 Å². The average molecular weight is 390 g/mol. The normalized spacial score (nSPS) is 24.1. The number of nitrogens with zero attached hydrogens (tertiary/aromatic N) is 3. The van der Waals surface area contributed by atoms with Crippen molar-refractivity contribution in [3.63, 3.8) is 0 Å². The van der Waals surface area contributed by atoms with Crippen molar-refractivity contribution in [2.45, 2.75) is 12.8 Å². The van der Waals surface area contributed by atoms with E-state index in [2.05, 4.69) is 59.1 Å². The Hall–Kier alpha value is -2.66. The van der Waals surface area contributed by atoms with Gasteiger partial charge in [-0.05, 0) is 53.6 Å². The van der Waals surface area contributed by atoms with Crippen molar-refractivity contribution in [3.8, 4) is 17.0 Å². The van der Waals surface area contributed by atoms with Crippen molar-refractivity contribution in [3.05, 3.63) is 58.7 Å². The standard InChI is InChI=1S/C23H23N3OS/c1-24-23-26(25-13-20-10-15-3-4-16(20)9-15)22(14-28-23)19-6-5-18-12-21(27-2)8-7-17(18)11-19/h3-8,11-16,20H,9-10H2,1-2H3. The number of allylic oxidation sites excluding steroid dienone is 2. The number of fused-ring (bicyclic) bond motifs is 3. The zero-order valence-corrected chi connectivity index (χ0v) is 16.9. The highest BCUT2D eigenvalue weighted by Crippen LogP contribution is 2.42. The predicted octanol–water partition coefficient (Wildman–Crippen LogP) is 4.96. The molecule has 142 valence electrons. The molecule has 0 amide bonds. The van der Waals surface area contributed by atoms with E-state index in [0.29, 0.717) is 11.8 Å². The Balaban J connectivity index is 1.53. The molecule has 3 atom stereocenters. The molecule has 0 N–H and O–H groups in total. The van der Waals surface area contributed by atoms with Crippen LogP contribution in [0, 0.1) is 17.8 Å². The second-order valence-corrected chi connectivity index (χ2v) is 8.41. The maximum Gasteiger partial charge on any atom is 0.205 e. The number of benzene rings is 2. The number of ether oxygens (including phenoxy) is 1. The zero-order valence-electron chi connectivity index (χ0n) is 16.1. The van der Waals surface area contributed by atoms with E-state index in [4.69, 9.17) is 9.84 Å². The highest BCUT2D eigenvalue weighted by Gasteiger charge is 2.34. The molecule has 28 heavy (non-hydrogen) atoms. The summed E-state index contributed by atoms with van der Waals surface area (Å²) in [4.78, 5) is 5.35. The minimum Gasteiger partial charge on any atom is -0.497 e. The van der Waals surface area contributed by atoms with Crippen molar-refractivity contribution >= 4 is 28.3 Å². The number of hydrogen-bond donors (Lipinski definition) is 0. The molecule has 0 radical (unpaired) electrons. The number of methoxy groups -OCH3 is 1. The monoisotopic (exact) mass is 389 g/mol. The molecule has 5 rings (SSSR count). The van der Waals surface area contributed by atoms with E-state index >= 15 is 0 Å². The molecule has 3 unspecified atom stereocenters. The molecule has 1 aromatic heterocycles. The van der Waals surface area contributed by atoms with E-state index in [-0.39, 0.29) is 0 Å². The second kappa shape index (κ2) is 7.06. The van der Waals surface area contributed by atoms with Crippen LogP contribution in [0.15, 0.2) is 64.0 Å². The van der Waals surface area contributed by atoms with Gasteiger partial charge in [0.25, 0.3) is 0 Å². The molecular formula is C23H23N3OS. The van der Waals surface area contributed by atoms with Gasteiger partial charge in [-0.2, -0.15) is 5.10 Å². The SMILES string of the molecule is CN=c1scc(-c2ccc3cc(OC)ccc3c2)n1N=CC1CC2C=CC1C2. The number of rotatable bonds is 4. The van der Waals surface area contributed by atoms with Gasteiger partial charge >= 0.3 is 0 Å². The van der Waals surface area contributed by atoms with Crippen LogP contribution in [0.4, 0.5) is 0 Å². The lowest BCUT2D eigenvalue weighted by molar-refractivity contribution is 0.415. The summed E-state index contributed by atoms with van der Waals surface area (Å²) in [6.07, 6.45) is 9.39. The third kappa shape index (κ3) is 3.00. The fourth-order valence-electron chi connectivity index (χ4n) is 4.42. The van der Waals surface area contributed by atoms with Crippen molar-refractivity contribution in [2.75, 3.05) is 14.2 Å². The summed E-state index contributed by atoms with van der Waals surface area (Å²) in [6, 6.07) is 12.7. The van der Waals surface area contributed by atoms with E-state index in [9.17, 15) is 0 Å². The first-order chi connectivity index (χ1) is 13.7. The van der Waals surface area contributed by atoms with Gasteiger partial charge in [0, 0.05) is 30.1 Å². The van der Waals surface area contributed by atoms with Crippen molar-refractivity contribution in [1.29, 1.82) is 0 Å². The van der Waals surface area contributed by atoms with E-state index in [0.717, 1.165) is 27.7 Å². The van der Waals surface area contributed by atoms with Crippen LogP contribution < -0.4 is 9.54 Å². The first-order valence-electron chi connectivity index (χ1n) is 9.69. The van der Waals surface area contributed by atoms with Gasteiger partial charge in [0.2, 0.25) is 4.80 Å². The third-order valence-electron chi connectivity index (χ3n) is 5.92. The number of aromatic nitrogens is 1. The fourth-order valence-corrected chi connectivity index (χ4v) is 5.22. The van der Waals surface area contributed by atoms with Crippen LogP contribution in [0.1, 0.15) is 12.8 Å². The van der Waals surface area contributed by atoms with Gasteiger partial charge in [0.05, 0.1) is 12.8 Å². The van der Waals surface area contributed by atoms with E-state index < -0.39 is 0 Å². The van der Waals surface area contributed by atoms with Gasteiger partial charge in [-0.25, -0.2) is 4.68 Å². The van der Waals surface area contributed by atoms with Gasteiger partial charge in [0.15, 0.2) is 0 Å². The molecule has 4 nitrogen and oxygen atoms in total. The van der Waals surface area contributed by atoms with Gasteiger partial charge in [-0.1, -0.05) is 30.4 Å². The van der Waals surface area contributed by atoms with Gasteiger partial charge < -0.3 is 4.74 Å². The van der Waals surface area contributed by atoms with Crippen LogP contribution in [0.25, 0.3) is 22.0 Å². The summed E-state index contributed by atoms with van der Waals surface area (Å²) in [5.74, 6) is 2.83. The Bertz CT molecular complexity index is 1150. The van der Waals surface area contributed by atoms with Crippen molar-refractivity contribution in [2.24, 2.45) is 27.8 Å². The maximum absolute atomic E-state index is 5.34. The van der Waals surface area contributed by atoms with E-state index in [1.54, 1.807) is 18.4 Å². The minimum absolute atomic E-state index is 0.545. The topological polar surface area (TPSA) is 38.9 Å². The van der Waals surface area contributed by atoms with Crippen LogP contribution >= 0.6 is 11.3 Å². The number of hydrogen-bond acceptors (Lipinski definition) is 4. The molecule has 0 saturated heterocycles. The summed E-state index contributed by atoms with van der Waals surface area (Å²) >= 11 is 1.63. The molecule has 0 spiro atoms. The Kier molecular flexibility index (Phi) is 4.40. The molecule has 2 bridgehead atoms. The van der Waals surface area contributed by atoms with Crippen LogP contribution in [0.3, 0.4) is 0 Å². The maximum atomic E-state index is 5.34. The number of thiazole rings is 1. The second-order valence-electron chi connectivity index (χ2n) is 7.58. The van der Waals surface area contributed by atoms with Crippen molar-refractivity contribution in [1.82, 2.24) is 4.68 Å². The molecule has 1 heterocycles. The highest BCUT2D eigenvalue weighted by atomic mass is 32.1. The minimum atomic E-state index is 0.545. The van der Waals surface area contributed by atoms with E-state index in [1.807, 2.05) is 17.8 Å². The molecule has 2 aromatic carbocycles. The summed E-state index contributed by atoms with van der Waals surface area (Å²) in [7, 11) is 3.53. The van der Waals surface area contributed by atoms with Gasteiger partial charge in [-0.3, -0.25) is 4.99 Å². The Labute approximate surface area is 168 Å². The molecule has 5 heteroatoms. The average Bonchev–Trinajstić information content (AvgIpc) is 3.46. The quantitative estimate of drug-likeness (QED) is 0.459. The Morgan fingerprint density at radius 3 is 2.71 bits per heavy atom. The third-order valence-corrected chi connectivity index (χ3v) is 6.83. The summed E-state index contributed by atoms with van der Waals surface area (Å²) in [6.45, 7) is 0. The lowest BCUT2D eigenvalue weighted by Crippen LogP contribution is -2.15. The first kappa shape index (κ1) is 17.4. The Morgan fingerprint density at radius 1 is 1.11 bits per heavy atom. The molecule has 1 fully saturated rings. The highest BCUT2D eigenvalue weighted by molar-refractivity contribution is 7.07. The predicted molar refractivity (Wildman–Crippen MR) is 116 cm³/mol. The van der Waals surface area contributed by atoms with Crippen LogP contribution in [0.5, 0.6) is 5.75 Å². The molecule has 3 aromatic rings. The van der Waals surface area contributed by atoms with Crippen LogP contribution in [-0.4, -0.2) is 25.0 Å². The van der Waals surface area contributed by atoms with Crippen LogP contribution in [-0.2, 0) is 0 Å². The molecular weight excluding hydrogens is 366 g/mol. The molecule has 2 aliphatic carbocycles. The molecule has 1 saturated carbocycles. The Morgan fingerprint density at radius 2 is 1.96 bits per heavy atom. The smallest absolute Gasteiger partial charge is 0.205 e. The first-order valence-corrected chi connectivity index (χ1v) is 10.6. The molecule has 2 aliphatic rings. The molecule has 0 aliphatic heterocycles. The van der Waals surface area contributed by atoms with Gasteiger partial charge in [0.1, 0.15) is 5.75 Å². The van der Waals surface area contributed by atoms with Crippen molar-refractivity contribution < 1.29 is 4.74 Å². The summed E-state index contributed by atoms with van der Waals surface area (Å²) in [5, 5.41) is 9.38. The summed E-state index contributed by atoms with van der Waals surface area (Å²) in [5.41, 5.74) is 2.23. The lowest BCUT2D eigenvalue weighted by Gasteiger charge is -2.12.